The molecule has 2 aromatic heterocycles. The first-order valence-corrected chi connectivity index (χ1v) is 8.39. The van der Waals surface area contributed by atoms with Gasteiger partial charge >= 0.3 is 5.76 Å². The molecule has 0 saturated carbocycles. The fraction of sp³-hybridized carbons (Fsp3) is 0.250. The summed E-state index contributed by atoms with van der Waals surface area (Å²) < 4.78 is 22.2. The summed E-state index contributed by atoms with van der Waals surface area (Å²) in [5.74, 6) is 1.41. The summed E-state index contributed by atoms with van der Waals surface area (Å²) in [6.45, 7) is 0.147. The quantitative estimate of drug-likeness (QED) is 0.713. The summed E-state index contributed by atoms with van der Waals surface area (Å²) in [6.07, 6.45) is -0.926. The number of ether oxygens (including phenoxy) is 3. The molecule has 3 heterocycles. The summed E-state index contributed by atoms with van der Waals surface area (Å²) in [5.41, 5.74) is 0. The Morgan fingerprint density at radius 1 is 1.32 bits per heavy atom. The van der Waals surface area contributed by atoms with E-state index in [1.54, 1.807) is 24.3 Å². The van der Waals surface area contributed by atoms with Gasteiger partial charge in [-0.05, 0) is 23.6 Å². The first-order valence-electron chi connectivity index (χ1n) is 7.51. The minimum absolute atomic E-state index is 0.00667. The molecule has 0 amide bonds. The first kappa shape index (κ1) is 15.7. The number of hydrogen-bond donors (Lipinski definition) is 1. The number of hydrogen-bond acceptors (Lipinski definition) is 8. The van der Waals surface area contributed by atoms with E-state index < -0.39 is 11.9 Å². The molecule has 4 rings (SSSR count). The highest BCUT2D eigenvalue weighted by atomic mass is 32.1. The van der Waals surface area contributed by atoms with Gasteiger partial charge in [0.05, 0.1) is 11.4 Å². The Kier molecular flexibility index (Phi) is 4.16. The zero-order valence-corrected chi connectivity index (χ0v) is 13.8. The van der Waals surface area contributed by atoms with E-state index >= 15 is 0 Å². The topological polar surface area (TPSA) is 96.0 Å². The van der Waals surface area contributed by atoms with Crippen molar-refractivity contribution in [1.82, 2.24) is 9.78 Å². The third kappa shape index (κ3) is 3.37. The fourth-order valence-corrected chi connectivity index (χ4v) is 2.98. The molecule has 0 aliphatic carbocycles. The summed E-state index contributed by atoms with van der Waals surface area (Å²) >= 11 is 1.42. The van der Waals surface area contributed by atoms with E-state index in [9.17, 15) is 9.90 Å². The molecular weight excluding hydrogens is 348 g/mol. The Balaban J connectivity index is 1.38. The zero-order chi connectivity index (χ0) is 17.2. The molecule has 130 valence electrons. The number of fused-ring (bicyclic) bond motifs is 1. The van der Waals surface area contributed by atoms with Gasteiger partial charge in [-0.2, -0.15) is 4.68 Å². The molecule has 8 nitrogen and oxygen atoms in total. The van der Waals surface area contributed by atoms with Gasteiger partial charge < -0.3 is 23.7 Å². The van der Waals surface area contributed by atoms with Crippen LogP contribution in [-0.4, -0.2) is 34.4 Å². The molecule has 0 saturated heterocycles. The van der Waals surface area contributed by atoms with Gasteiger partial charge in [-0.3, -0.25) is 0 Å². The van der Waals surface area contributed by atoms with Crippen molar-refractivity contribution in [3.63, 3.8) is 0 Å². The molecule has 9 heteroatoms. The second kappa shape index (κ2) is 6.61. The lowest BCUT2D eigenvalue weighted by atomic mass is 10.3. The normalized spacial score (nSPS) is 13.8. The molecule has 0 bridgehead atoms. The van der Waals surface area contributed by atoms with Gasteiger partial charge in [-0.25, -0.2) is 4.79 Å². The maximum Gasteiger partial charge on any atom is 0.437 e. The molecule has 1 aliphatic rings. The van der Waals surface area contributed by atoms with E-state index in [2.05, 4.69) is 5.10 Å². The zero-order valence-electron chi connectivity index (χ0n) is 13.0. The predicted molar refractivity (Wildman–Crippen MR) is 88.1 cm³/mol. The molecule has 25 heavy (non-hydrogen) atoms. The Hall–Kier alpha value is -2.78. The number of benzene rings is 1. The SMILES string of the molecule is O=c1oc(-c2cccs2)nn1CC(O)COc1ccc2c(c1)OCO2. The average Bonchev–Trinajstić information content (AvgIpc) is 3.34. The molecule has 1 N–H and O–H groups in total. The third-order valence-electron chi connectivity index (χ3n) is 3.51. The summed E-state index contributed by atoms with van der Waals surface area (Å²) in [6, 6.07) is 8.79. The third-order valence-corrected chi connectivity index (χ3v) is 4.37. The highest BCUT2D eigenvalue weighted by molar-refractivity contribution is 7.13. The van der Waals surface area contributed by atoms with Crippen molar-refractivity contribution >= 4 is 11.3 Å². The Morgan fingerprint density at radius 2 is 2.20 bits per heavy atom. The van der Waals surface area contributed by atoms with Crippen LogP contribution in [0, 0.1) is 0 Å². The number of thiophene rings is 1. The van der Waals surface area contributed by atoms with Crippen LogP contribution in [0.1, 0.15) is 0 Å². The number of aliphatic hydroxyl groups excluding tert-OH is 1. The highest BCUT2D eigenvalue weighted by Crippen LogP contribution is 2.35. The van der Waals surface area contributed by atoms with Gasteiger partial charge in [-0.15, -0.1) is 16.4 Å². The lowest BCUT2D eigenvalue weighted by Gasteiger charge is -2.11. The molecule has 0 fully saturated rings. The standard InChI is InChI=1S/C16H14N2O6S/c19-10(8-21-11-3-4-12-13(6-11)23-9-22-12)7-18-16(20)24-15(17-18)14-2-1-5-25-14/h1-6,10,19H,7-9H2. The van der Waals surface area contributed by atoms with Crippen LogP contribution >= 0.6 is 11.3 Å². The van der Waals surface area contributed by atoms with Crippen LogP contribution in [-0.2, 0) is 6.54 Å². The summed E-state index contributed by atoms with van der Waals surface area (Å²) in [5, 5.41) is 16.1. The maximum atomic E-state index is 11.8. The van der Waals surface area contributed by atoms with Crippen molar-refractivity contribution in [2.45, 2.75) is 12.6 Å². The highest BCUT2D eigenvalue weighted by Gasteiger charge is 2.17. The van der Waals surface area contributed by atoms with Gasteiger partial charge in [-0.1, -0.05) is 6.07 Å². The summed E-state index contributed by atoms with van der Waals surface area (Å²) in [4.78, 5) is 12.6. The van der Waals surface area contributed by atoms with Crippen LogP contribution < -0.4 is 20.0 Å². The number of aliphatic hydroxyl groups is 1. The van der Waals surface area contributed by atoms with Crippen LogP contribution in [0.3, 0.4) is 0 Å². The fourth-order valence-electron chi connectivity index (χ4n) is 2.33. The van der Waals surface area contributed by atoms with Crippen molar-refractivity contribution < 1.29 is 23.7 Å². The lowest BCUT2D eigenvalue weighted by Crippen LogP contribution is -2.29. The van der Waals surface area contributed by atoms with Crippen LogP contribution in [0.5, 0.6) is 17.2 Å². The predicted octanol–water partition coefficient (Wildman–Crippen LogP) is 1.73. The van der Waals surface area contributed by atoms with Gasteiger partial charge in [0.2, 0.25) is 6.79 Å². The maximum absolute atomic E-state index is 11.8. The monoisotopic (exact) mass is 362 g/mol. The van der Waals surface area contributed by atoms with E-state index in [-0.39, 0.29) is 25.8 Å². The van der Waals surface area contributed by atoms with Crippen molar-refractivity contribution in [2.24, 2.45) is 0 Å². The minimum atomic E-state index is -0.926. The van der Waals surface area contributed by atoms with Crippen LogP contribution in [0.25, 0.3) is 10.8 Å². The van der Waals surface area contributed by atoms with Crippen LogP contribution in [0.2, 0.25) is 0 Å². The minimum Gasteiger partial charge on any atom is -0.491 e. The van der Waals surface area contributed by atoms with E-state index in [0.29, 0.717) is 17.2 Å². The first-order chi connectivity index (χ1) is 12.2. The van der Waals surface area contributed by atoms with Crippen LogP contribution in [0.15, 0.2) is 44.9 Å². The molecular formula is C16H14N2O6S. The van der Waals surface area contributed by atoms with Gasteiger partial charge in [0.25, 0.3) is 5.89 Å². The van der Waals surface area contributed by atoms with Gasteiger partial charge in [0, 0.05) is 6.07 Å². The molecule has 3 aromatic rings. The van der Waals surface area contributed by atoms with Crippen molar-refractivity contribution in [3.05, 3.63) is 46.3 Å². The largest absolute Gasteiger partial charge is 0.491 e. The van der Waals surface area contributed by atoms with Crippen LogP contribution in [0.4, 0.5) is 0 Å². The van der Waals surface area contributed by atoms with Gasteiger partial charge in [0.15, 0.2) is 11.5 Å². The second-order valence-electron chi connectivity index (χ2n) is 5.31. The molecule has 1 atom stereocenters. The summed E-state index contributed by atoms with van der Waals surface area (Å²) in [7, 11) is 0. The lowest BCUT2D eigenvalue weighted by molar-refractivity contribution is 0.0874. The molecule has 0 radical (unpaired) electrons. The second-order valence-corrected chi connectivity index (χ2v) is 6.26. The van der Waals surface area contributed by atoms with Crippen molar-refractivity contribution in [1.29, 1.82) is 0 Å². The van der Waals surface area contributed by atoms with Crippen molar-refractivity contribution in [2.75, 3.05) is 13.4 Å². The molecule has 1 aliphatic heterocycles. The van der Waals surface area contributed by atoms with Gasteiger partial charge in [0.1, 0.15) is 18.5 Å². The Bertz CT molecular complexity index is 917. The average molecular weight is 362 g/mol. The van der Waals surface area contributed by atoms with E-state index in [4.69, 9.17) is 18.6 Å². The molecule has 0 spiro atoms. The number of nitrogens with zero attached hydrogens (tertiary/aromatic N) is 2. The number of aromatic nitrogens is 2. The Labute approximate surface area is 145 Å². The number of rotatable bonds is 6. The smallest absolute Gasteiger partial charge is 0.437 e. The van der Waals surface area contributed by atoms with E-state index in [1.807, 2.05) is 11.4 Å². The Morgan fingerprint density at radius 3 is 3.04 bits per heavy atom. The van der Waals surface area contributed by atoms with Crippen molar-refractivity contribution in [3.8, 4) is 28.0 Å². The molecule has 1 aromatic carbocycles. The van der Waals surface area contributed by atoms with E-state index in [1.165, 1.54) is 11.3 Å². The molecule has 1 unspecified atom stereocenters. The van der Waals surface area contributed by atoms with E-state index in [0.717, 1.165) is 9.56 Å².